The molecule has 0 aliphatic heterocycles. The van der Waals surface area contributed by atoms with Gasteiger partial charge in [-0.05, 0) is 18.2 Å². The van der Waals surface area contributed by atoms with Gasteiger partial charge in [0.15, 0.2) is 5.82 Å². The lowest BCUT2D eigenvalue weighted by Crippen LogP contribution is -1.91. The Labute approximate surface area is 124 Å². The van der Waals surface area contributed by atoms with Crippen molar-refractivity contribution in [3.05, 3.63) is 48.5 Å². The van der Waals surface area contributed by atoms with Crippen LogP contribution in [0.5, 0.6) is 0 Å². The van der Waals surface area contributed by atoms with Crippen molar-refractivity contribution in [2.24, 2.45) is 0 Å². The first-order valence-corrected chi connectivity index (χ1v) is 7.19. The topological polar surface area (TPSA) is 79.4 Å². The van der Waals surface area contributed by atoms with Crippen molar-refractivity contribution in [3.63, 3.8) is 0 Å². The minimum absolute atomic E-state index is 0.727. The summed E-state index contributed by atoms with van der Waals surface area (Å²) >= 11 is 1.52. The highest BCUT2D eigenvalue weighted by Gasteiger charge is 2.13. The molecule has 21 heavy (non-hydrogen) atoms. The number of H-pyrrole nitrogens is 1. The third-order valence-electron chi connectivity index (χ3n) is 3.00. The Hall–Kier alpha value is -2.80. The van der Waals surface area contributed by atoms with E-state index in [0.29, 0.717) is 0 Å². The molecule has 0 spiro atoms. The summed E-state index contributed by atoms with van der Waals surface area (Å²) in [6, 6.07) is 5.74. The molecule has 102 valence electrons. The molecule has 0 aromatic carbocycles. The van der Waals surface area contributed by atoms with E-state index in [1.54, 1.807) is 30.3 Å². The van der Waals surface area contributed by atoms with Gasteiger partial charge < -0.3 is 10.3 Å². The van der Waals surface area contributed by atoms with Gasteiger partial charge in [-0.3, -0.25) is 9.97 Å². The van der Waals surface area contributed by atoms with E-state index >= 15 is 0 Å². The van der Waals surface area contributed by atoms with E-state index in [4.69, 9.17) is 0 Å². The molecule has 0 amide bonds. The molecule has 0 unspecified atom stereocenters. The number of anilines is 2. The Morgan fingerprint density at radius 1 is 1.10 bits per heavy atom. The lowest BCUT2D eigenvalue weighted by molar-refractivity contribution is 1.27. The van der Waals surface area contributed by atoms with Crippen LogP contribution in [0.25, 0.3) is 22.6 Å². The summed E-state index contributed by atoms with van der Waals surface area (Å²) in [5.41, 5.74) is 5.27. The standard InChI is InChI=1S/C14H10N6S/c1-2-9(6-15-4-1)18-14-12(17-8-21-14)13-19-10-3-5-16-7-11(10)20-13/h1-8,18H,(H,19,20). The monoisotopic (exact) mass is 294 g/mol. The number of aromatic nitrogens is 5. The fraction of sp³-hybridized carbons (Fsp3) is 0. The molecular weight excluding hydrogens is 284 g/mol. The minimum atomic E-state index is 0.727. The van der Waals surface area contributed by atoms with Crippen LogP contribution in [0.4, 0.5) is 10.7 Å². The zero-order valence-corrected chi connectivity index (χ0v) is 11.6. The van der Waals surface area contributed by atoms with Gasteiger partial charge in [-0.25, -0.2) is 9.97 Å². The molecule has 0 atom stereocenters. The van der Waals surface area contributed by atoms with Gasteiger partial charge in [0.25, 0.3) is 0 Å². The normalized spacial score (nSPS) is 10.9. The molecule has 2 N–H and O–H groups in total. The summed E-state index contributed by atoms with van der Waals surface area (Å²) in [7, 11) is 0. The summed E-state index contributed by atoms with van der Waals surface area (Å²) in [5, 5.41) is 4.24. The van der Waals surface area contributed by atoms with E-state index < -0.39 is 0 Å². The van der Waals surface area contributed by atoms with Crippen molar-refractivity contribution in [1.82, 2.24) is 24.9 Å². The van der Waals surface area contributed by atoms with Crippen LogP contribution in [0, 0.1) is 0 Å². The Morgan fingerprint density at radius 3 is 2.90 bits per heavy atom. The van der Waals surface area contributed by atoms with Crippen molar-refractivity contribution < 1.29 is 0 Å². The largest absolute Gasteiger partial charge is 0.344 e. The van der Waals surface area contributed by atoms with E-state index in [2.05, 4.69) is 30.2 Å². The number of hydrogen-bond donors (Lipinski definition) is 2. The molecule has 4 aromatic rings. The van der Waals surface area contributed by atoms with Gasteiger partial charge in [-0.1, -0.05) is 0 Å². The molecule has 0 bridgehead atoms. The molecular formula is C14H10N6S. The van der Waals surface area contributed by atoms with Crippen molar-refractivity contribution in [3.8, 4) is 11.5 Å². The van der Waals surface area contributed by atoms with Gasteiger partial charge in [0.2, 0.25) is 0 Å². The predicted octanol–water partition coefficient (Wildman–Crippen LogP) is 3.22. The van der Waals surface area contributed by atoms with E-state index in [-0.39, 0.29) is 0 Å². The summed E-state index contributed by atoms with van der Waals surface area (Å²) < 4.78 is 0. The van der Waals surface area contributed by atoms with Crippen molar-refractivity contribution >= 4 is 33.1 Å². The molecule has 0 radical (unpaired) electrons. The van der Waals surface area contributed by atoms with Gasteiger partial charge in [0, 0.05) is 12.4 Å². The molecule has 0 aliphatic rings. The van der Waals surface area contributed by atoms with Gasteiger partial charge in [0.05, 0.1) is 29.1 Å². The molecule has 4 rings (SSSR count). The van der Waals surface area contributed by atoms with Gasteiger partial charge in [-0.2, -0.15) is 0 Å². The lowest BCUT2D eigenvalue weighted by atomic mass is 10.4. The van der Waals surface area contributed by atoms with E-state index in [1.165, 1.54) is 11.3 Å². The van der Waals surface area contributed by atoms with Crippen LogP contribution in [0.1, 0.15) is 0 Å². The second-order valence-corrected chi connectivity index (χ2v) is 5.23. The molecule has 6 nitrogen and oxygen atoms in total. The number of thiazole rings is 1. The van der Waals surface area contributed by atoms with Crippen LogP contribution < -0.4 is 5.32 Å². The molecule has 4 aromatic heterocycles. The summed E-state index contributed by atoms with van der Waals surface area (Å²) in [5.74, 6) is 0.727. The van der Waals surface area contributed by atoms with Crippen LogP contribution in [-0.2, 0) is 0 Å². The predicted molar refractivity (Wildman–Crippen MR) is 82.5 cm³/mol. The highest BCUT2D eigenvalue weighted by Crippen LogP contribution is 2.31. The van der Waals surface area contributed by atoms with E-state index in [0.717, 1.165) is 33.2 Å². The third-order valence-corrected chi connectivity index (χ3v) is 3.74. The second kappa shape index (κ2) is 4.95. The highest BCUT2D eigenvalue weighted by molar-refractivity contribution is 7.14. The number of imidazole rings is 1. The Balaban J connectivity index is 1.74. The smallest absolute Gasteiger partial charge is 0.160 e. The third kappa shape index (κ3) is 2.23. The molecule has 0 aliphatic carbocycles. The second-order valence-electron chi connectivity index (χ2n) is 4.38. The number of hydrogen-bond acceptors (Lipinski definition) is 6. The van der Waals surface area contributed by atoms with Gasteiger partial charge in [0.1, 0.15) is 16.2 Å². The van der Waals surface area contributed by atoms with Crippen molar-refractivity contribution in [2.75, 3.05) is 5.32 Å². The number of pyridine rings is 2. The first-order chi connectivity index (χ1) is 10.4. The first-order valence-electron chi connectivity index (χ1n) is 6.31. The molecule has 7 heteroatoms. The Morgan fingerprint density at radius 2 is 2.05 bits per heavy atom. The summed E-state index contributed by atoms with van der Waals surface area (Å²) in [6.45, 7) is 0. The molecule has 0 fully saturated rings. The number of rotatable bonds is 3. The number of aromatic amines is 1. The maximum Gasteiger partial charge on any atom is 0.160 e. The van der Waals surface area contributed by atoms with Crippen LogP contribution in [0.2, 0.25) is 0 Å². The Bertz CT molecular complexity index is 850. The minimum Gasteiger partial charge on any atom is -0.344 e. The van der Waals surface area contributed by atoms with Crippen LogP contribution in [0.15, 0.2) is 48.5 Å². The molecule has 0 saturated heterocycles. The maximum atomic E-state index is 4.53. The fourth-order valence-electron chi connectivity index (χ4n) is 2.04. The summed E-state index contributed by atoms with van der Waals surface area (Å²) in [6.07, 6.45) is 6.98. The zero-order valence-electron chi connectivity index (χ0n) is 10.8. The van der Waals surface area contributed by atoms with Crippen LogP contribution in [0.3, 0.4) is 0 Å². The molecule has 0 saturated carbocycles. The number of nitrogens with zero attached hydrogens (tertiary/aromatic N) is 4. The summed E-state index contributed by atoms with van der Waals surface area (Å²) in [4.78, 5) is 20.4. The van der Waals surface area contributed by atoms with Gasteiger partial charge in [-0.15, -0.1) is 11.3 Å². The SMILES string of the molecule is c1cncc(Nc2scnc2-c2nc3cnccc3[nH]2)c1. The first kappa shape index (κ1) is 12.0. The van der Waals surface area contributed by atoms with E-state index in [9.17, 15) is 0 Å². The van der Waals surface area contributed by atoms with Crippen molar-refractivity contribution in [1.29, 1.82) is 0 Å². The molecule has 4 heterocycles. The highest BCUT2D eigenvalue weighted by atomic mass is 32.1. The lowest BCUT2D eigenvalue weighted by Gasteiger charge is -2.03. The average molecular weight is 294 g/mol. The van der Waals surface area contributed by atoms with Crippen molar-refractivity contribution in [2.45, 2.75) is 0 Å². The average Bonchev–Trinajstić information content (AvgIpc) is 3.14. The number of fused-ring (bicyclic) bond motifs is 1. The number of nitrogens with one attached hydrogen (secondary N) is 2. The van der Waals surface area contributed by atoms with Crippen LogP contribution in [-0.4, -0.2) is 24.9 Å². The van der Waals surface area contributed by atoms with Gasteiger partial charge >= 0.3 is 0 Å². The Kier molecular flexibility index (Phi) is 2.82. The fourth-order valence-corrected chi connectivity index (χ4v) is 2.74. The quantitative estimate of drug-likeness (QED) is 0.606. The van der Waals surface area contributed by atoms with E-state index in [1.807, 2.05) is 18.2 Å². The maximum absolute atomic E-state index is 4.53. The van der Waals surface area contributed by atoms with Crippen LogP contribution >= 0.6 is 11.3 Å². The zero-order chi connectivity index (χ0) is 14.1.